The number of benzene rings is 1. The van der Waals surface area contributed by atoms with E-state index >= 15 is 0 Å². The second-order valence-electron chi connectivity index (χ2n) is 4.69. The van der Waals surface area contributed by atoms with Crippen LogP contribution in [0.2, 0.25) is 0 Å². The van der Waals surface area contributed by atoms with Crippen molar-refractivity contribution in [3.8, 4) is 5.75 Å². The summed E-state index contributed by atoms with van der Waals surface area (Å²) in [5, 5.41) is 7.17. The molecular formula is C14H20N4OS. The molecule has 0 saturated carbocycles. The van der Waals surface area contributed by atoms with Crippen LogP contribution in [0.4, 0.5) is 5.95 Å². The molecule has 0 spiro atoms. The molecule has 0 fully saturated rings. The Balaban J connectivity index is 2.19. The third-order valence-corrected chi connectivity index (χ3v) is 3.39. The average molecular weight is 292 g/mol. The Labute approximate surface area is 124 Å². The van der Waals surface area contributed by atoms with Crippen LogP contribution >= 0.6 is 12.2 Å². The number of nitrogens with zero attached hydrogens (tertiary/aromatic N) is 3. The first kappa shape index (κ1) is 14.6. The Morgan fingerprint density at radius 3 is 2.95 bits per heavy atom. The fourth-order valence-corrected chi connectivity index (χ4v) is 2.36. The fraction of sp³-hybridized carbons (Fsp3) is 0.429. The molecule has 0 aliphatic heterocycles. The lowest BCUT2D eigenvalue weighted by atomic mass is 10.2. The summed E-state index contributed by atoms with van der Waals surface area (Å²) in [4.78, 5) is 2.08. The van der Waals surface area contributed by atoms with Gasteiger partial charge in [-0.15, -0.1) is 5.10 Å². The zero-order chi connectivity index (χ0) is 14.5. The van der Waals surface area contributed by atoms with Gasteiger partial charge in [-0.05, 0) is 36.3 Å². The highest BCUT2D eigenvalue weighted by molar-refractivity contribution is 7.71. The molecule has 0 aliphatic rings. The van der Waals surface area contributed by atoms with E-state index in [0.29, 0.717) is 4.77 Å². The molecule has 1 aromatic carbocycles. The lowest BCUT2D eigenvalue weighted by Gasteiger charge is -2.19. The molecule has 5 nitrogen and oxygen atoms in total. The van der Waals surface area contributed by atoms with Crippen molar-refractivity contribution in [1.29, 1.82) is 0 Å². The summed E-state index contributed by atoms with van der Waals surface area (Å²) in [5.74, 6) is 1.72. The lowest BCUT2D eigenvalue weighted by molar-refractivity contribution is 0.414. The Bertz CT molecular complexity index is 620. The van der Waals surface area contributed by atoms with Crippen LogP contribution in [-0.2, 0) is 13.1 Å². The monoisotopic (exact) mass is 292 g/mol. The van der Waals surface area contributed by atoms with Crippen molar-refractivity contribution in [2.24, 2.45) is 0 Å². The summed E-state index contributed by atoms with van der Waals surface area (Å²) in [6, 6.07) is 8.04. The van der Waals surface area contributed by atoms with E-state index in [1.165, 1.54) is 5.56 Å². The lowest BCUT2D eigenvalue weighted by Crippen LogP contribution is -2.21. The van der Waals surface area contributed by atoms with Crippen LogP contribution in [0.3, 0.4) is 0 Å². The standard InChI is InChI=1S/C14H20N4OS/c1-4-8-18-13(15-16-14(18)20)17(2)10-11-6-5-7-12(9-11)19-3/h5-7,9H,4,8,10H2,1-3H3,(H,16,20). The predicted molar refractivity (Wildman–Crippen MR) is 82.8 cm³/mol. The Morgan fingerprint density at radius 1 is 1.45 bits per heavy atom. The van der Waals surface area contributed by atoms with Gasteiger partial charge in [-0.2, -0.15) is 0 Å². The maximum atomic E-state index is 5.26. The smallest absolute Gasteiger partial charge is 0.225 e. The second-order valence-corrected chi connectivity index (χ2v) is 5.07. The first-order valence-corrected chi connectivity index (χ1v) is 7.05. The molecule has 0 amide bonds. The van der Waals surface area contributed by atoms with Gasteiger partial charge in [0.05, 0.1) is 7.11 Å². The number of aromatic nitrogens is 3. The molecule has 20 heavy (non-hydrogen) atoms. The van der Waals surface area contributed by atoms with Gasteiger partial charge in [-0.3, -0.25) is 4.57 Å². The molecule has 1 N–H and O–H groups in total. The minimum atomic E-state index is 0.666. The van der Waals surface area contributed by atoms with Crippen LogP contribution in [0.25, 0.3) is 0 Å². The maximum absolute atomic E-state index is 5.26. The first-order chi connectivity index (χ1) is 9.65. The van der Waals surface area contributed by atoms with Crippen molar-refractivity contribution in [2.75, 3.05) is 19.1 Å². The van der Waals surface area contributed by atoms with Gasteiger partial charge in [0.1, 0.15) is 5.75 Å². The quantitative estimate of drug-likeness (QED) is 0.831. The van der Waals surface area contributed by atoms with Gasteiger partial charge in [0, 0.05) is 20.1 Å². The molecule has 1 aromatic heterocycles. The normalized spacial score (nSPS) is 10.6. The number of ether oxygens (including phenoxy) is 1. The molecule has 0 saturated heterocycles. The Hall–Kier alpha value is -1.82. The van der Waals surface area contributed by atoms with Crippen molar-refractivity contribution in [3.05, 3.63) is 34.6 Å². The number of nitrogens with one attached hydrogen (secondary N) is 1. The minimum absolute atomic E-state index is 0.666. The van der Waals surface area contributed by atoms with E-state index in [1.807, 2.05) is 29.8 Å². The van der Waals surface area contributed by atoms with E-state index in [-0.39, 0.29) is 0 Å². The molecule has 6 heteroatoms. The summed E-state index contributed by atoms with van der Waals surface area (Å²) < 4.78 is 7.94. The van der Waals surface area contributed by atoms with E-state index in [0.717, 1.165) is 31.2 Å². The molecule has 0 radical (unpaired) electrons. The van der Waals surface area contributed by atoms with E-state index in [1.54, 1.807) is 7.11 Å². The number of rotatable bonds is 6. The number of methoxy groups -OCH3 is 1. The summed E-state index contributed by atoms with van der Waals surface area (Å²) in [6.07, 6.45) is 1.02. The van der Waals surface area contributed by atoms with Crippen LogP contribution in [0.1, 0.15) is 18.9 Å². The van der Waals surface area contributed by atoms with Gasteiger partial charge in [-0.25, -0.2) is 5.10 Å². The highest BCUT2D eigenvalue weighted by Gasteiger charge is 2.11. The summed E-state index contributed by atoms with van der Waals surface area (Å²) in [6.45, 7) is 3.74. The maximum Gasteiger partial charge on any atom is 0.225 e. The Morgan fingerprint density at radius 2 is 2.25 bits per heavy atom. The van der Waals surface area contributed by atoms with Gasteiger partial charge in [-0.1, -0.05) is 19.1 Å². The van der Waals surface area contributed by atoms with Crippen molar-refractivity contribution in [2.45, 2.75) is 26.4 Å². The zero-order valence-electron chi connectivity index (χ0n) is 12.1. The zero-order valence-corrected chi connectivity index (χ0v) is 12.9. The van der Waals surface area contributed by atoms with Crippen LogP contribution in [-0.4, -0.2) is 28.9 Å². The van der Waals surface area contributed by atoms with Gasteiger partial charge in [0.25, 0.3) is 0 Å². The first-order valence-electron chi connectivity index (χ1n) is 6.65. The molecule has 0 atom stereocenters. The largest absolute Gasteiger partial charge is 0.497 e. The van der Waals surface area contributed by atoms with Gasteiger partial charge >= 0.3 is 0 Å². The van der Waals surface area contributed by atoms with E-state index in [9.17, 15) is 0 Å². The van der Waals surface area contributed by atoms with E-state index in [4.69, 9.17) is 17.0 Å². The summed E-state index contributed by atoms with van der Waals surface area (Å²) in [7, 11) is 3.69. The highest BCUT2D eigenvalue weighted by Crippen LogP contribution is 2.17. The summed E-state index contributed by atoms with van der Waals surface area (Å²) in [5.41, 5.74) is 1.17. The third kappa shape index (κ3) is 3.19. The van der Waals surface area contributed by atoms with E-state index in [2.05, 4.69) is 28.1 Å². The molecular weight excluding hydrogens is 272 g/mol. The van der Waals surface area contributed by atoms with Crippen molar-refractivity contribution in [1.82, 2.24) is 14.8 Å². The Kier molecular flexibility index (Phi) is 4.79. The minimum Gasteiger partial charge on any atom is -0.497 e. The van der Waals surface area contributed by atoms with Gasteiger partial charge in [0.15, 0.2) is 4.77 Å². The van der Waals surface area contributed by atoms with Crippen LogP contribution < -0.4 is 9.64 Å². The second kappa shape index (κ2) is 6.56. The SMILES string of the molecule is CCCn1c(N(C)Cc2cccc(OC)c2)n[nH]c1=S. The van der Waals surface area contributed by atoms with E-state index < -0.39 is 0 Å². The van der Waals surface area contributed by atoms with Gasteiger partial charge < -0.3 is 9.64 Å². The molecule has 0 unspecified atom stereocenters. The van der Waals surface area contributed by atoms with Crippen molar-refractivity contribution < 1.29 is 4.74 Å². The predicted octanol–water partition coefficient (Wildman–Crippen LogP) is 3.00. The highest BCUT2D eigenvalue weighted by atomic mass is 32.1. The van der Waals surface area contributed by atoms with Crippen LogP contribution in [0.5, 0.6) is 5.75 Å². The topological polar surface area (TPSA) is 46.1 Å². The summed E-state index contributed by atoms with van der Waals surface area (Å²) >= 11 is 5.26. The molecule has 2 rings (SSSR count). The average Bonchev–Trinajstić information content (AvgIpc) is 2.81. The van der Waals surface area contributed by atoms with Gasteiger partial charge in [0.2, 0.25) is 5.95 Å². The van der Waals surface area contributed by atoms with Crippen molar-refractivity contribution in [3.63, 3.8) is 0 Å². The third-order valence-electron chi connectivity index (χ3n) is 3.08. The molecule has 0 bridgehead atoms. The molecule has 1 heterocycles. The molecule has 0 aliphatic carbocycles. The number of aromatic amines is 1. The van der Waals surface area contributed by atoms with Crippen LogP contribution in [0, 0.1) is 4.77 Å². The molecule has 2 aromatic rings. The van der Waals surface area contributed by atoms with Crippen LogP contribution in [0.15, 0.2) is 24.3 Å². The number of H-pyrrole nitrogens is 1. The number of anilines is 1. The molecule has 108 valence electrons. The number of hydrogen-bond acceptors (Lipinski definition) is 4. The number of hydrogen-bond donors (Lipinski definition) is 1. The fourth-order valence-electron chi connectivity index (χ4n) is 2.14. The van der Waals surface area contributed by atoms with Crippen molar-refractivity contribution >= 4 is 18.2 Å².